The van der Waals surface area contributed by atoms with Gasteiger partial charge in [-0.3, -0.25) is 15.1 Å². The summed E-state index contributed by atoms with van der Waals surface area (Å²) in [6.07, 6.45) is 3.42. The second kappa shape index (κ2) is 7.86. The molecule has 0 fully saturated rings. The monoisotopic (exact) mass is 407 g/mol. The van der Waals surface area contributed by atoms with Gasteiger partial charge in [-0.2, -0.15) is 0 Å². The number of nitro groups is 1. The number of rotatable bonds is 6. The van der Waals surface area contributed by atoms with E-state index in [-0.39, 0.29) is 11.4 Å². The minimum absolute atomic E-state index is 0.215. The first kappa shape index (κ1) is 19.4. The molecule has 4 aromatic rings. The van der Waals surface area contributed by atoms with Crippen molar-refractivity contribution >= 4 is 22.3 Å². The number of aromatic nitrogens is 3. The minimum atomic E-state index is -0.535. The predicted molar refractivity (Wildman–Crippen MR) is 110 cm³/mol. The molecule has 0 amide bonds. The number of fused-ring (bicyclic) bond motifs is 1. The van der Waals surface area contributed by atoms with Gasteiger partial charge in [0.1, 0.15) is 23.5 Å². The number of halogens is 1. The van der Waals surface area contributed by atoms with Gasteiger partial charge in [0, 0.05) is 35.8 Å². The van der Waals surface area contributed by atoms with Crippen LogP contribution in [0.3, 0.4) is 0 Å². The zero-order chi connectivity index (χ0) is 21.3. The van der Waals surface area contributed by atoms with E-state index >= 15 is 4.39 Å². The third-order valence-corrected chi connectivity index (χ3v) is 4.85. The Morgan fingerprint density at radius 2 is 2.07 bits per heavy atom. The zero-order valence-corrected chi connectivity index (χ0v) is 16.3. The first-order valence-electron chi connectivity index (χ1n) is 9.29. The molecule has 0 bridgehead atoms. The first-order chi connectivity index (χ1) is 14.5. The SMILES string of the molecule is Cc1noc(C)c1-c1cc2ncc([N+](=O)[O-])c(NCCc3ccccn3)c2cc1F. The van der Waals surface area contributed by atoms with E-state index in [2.05, 4.69) is 20.4 Å². The van der Waals surface area contributed by atoms with E-state index < -0.39 is 10.7 Å². The lowest BCUT2D eigenvalue weighted by Crippen LogP contribution is -2.09. The van der Waals surface area contributed by atoms with Crippen molar-refractivity contribution in [2.24, 2.45) is 0 Å². The van der Waals surface area contributed by atoms with Gasteiger partial charge in [-0.25, -0.2) is 9.37 Å². The topological polar surface area (TPSA) is 107 Å². The fourth-order valence-corrected chi connectivity index (χ4v) is 3.45. The van der Waals surface area contributed by atoms with Gasteiger partial charge in [0.2, 0.25) is 0 Å². The quantitative estimate of drug-likeness (QED) is 0.367. The van der Waals surface area contributed by atoms with Gasteiger partial charge in [0.25, 0.3) is 0 Å². The highest BCUT2D eigenvalue weighted by molar-refractivity contribution is 5.98. The molecule has 0 aliphatic carbocycles. The van der Waals surface area contributed by atoms with Crippen molar-refractivity contribution < 1.29 is 13.8 Å². The van der Waals surface area contributed by atoms with Crippen LogP contribution in [0, 0.1) is 29.8 Å². The summed E-state index contributed by atoms with van der Waals surface area (Å²) in [5, 5.41) is 18.8. The number of pyridine rings is 2. The van der Waals surface area contributed by atoms with Crippen LogP contribution in [0.5, 0.6) is 0 Å². The van der Waals surface area contributed by atoms with Crippen LogP contribution in [-0.2, 0) is 6.42 Å². The van der Waals surface area contributed by atoms with Crippen LogP contribution in [0.25, 0.3) is 22.0 Å². The van der Waals surface area contributed by atoms with Crippen molar-refractivity contribution in [3.63, 3.8) is 0 Å². The van der Waals surface area contributed by atoms with Gasteiger partial charge in [-0.1, -0.05) is 11.2 Å². The molecule has 9 heteroatoms. The maximum absolute atomic E-state index is 15.0. The third-order valence-electron chi connectivity index (χ3n) is 4.85. The van der Waals surface area contributed by atoms with Crippen LogP contribution in [0.15, 0.2) is 47.2 Å². The largest absolute Gasteiger partial charge is 0.378 e. The maximum Gasteiger partial charge on any atom is 0.311 e. The number of nitrogens with zero attached hydrogens (tertiary/aromatic N) is 4. The normalized spacial score (nSPS) is 11.0. The Hall–Kier alpha value is -3.88. The fraction of sp³-hybridized carbons (Fsp3) is 0.190. The van der Waals surface area contributed by atoms with Crippen molar-refractivity contribution in [1.29, 1.82) is 0 Å². The Balaban J connectivity index is 1.76. The molecule has 0 unspecified atom stereocenters. The molecule has 3 heterocycles. The lowest BCUT2D eigenvalue weighted by atomic mass is 10.0. The molecule has 30 heavy (non-hydrogen) atoms. The van der Waals surface area contributed by atoms with Crippen LogP contribution in [0.2, 0.25) is 0 Å². The molecule has 4 rings (SSSR count). The molecular formula is C21H18FN5O3. The number of anilines is 1. The van der Waals surface area contributed by atoms with Crippen LogP contribution in [0.4, 0.5) is 15.8 Å². The summed E-state index contributed by atoms with van der Waals surface area (Å²) in [4.78, 5) is 19.4. The van der Waals surface area contributed by atoms with Gasteiger partial charge in [0.15, 0.2) is 0 Å². The molecule has 1 aromatic carbocycles. The highest BCUT2D eigenvalue weighted by Gasteiger charge is 2.22. The van der Waals surface area contributed by atoms with Gasteiger partial charge < -0.3 is 9.84 Å². The lowest BCUT2D eigenvalue weighted by molar-refractivity contribution is -0.384. The summed E-state index contributed by atoms with van der Waals surface area (Å²) in [5.41, 5.74) is 2.69. The van der Waals surface area contributed by atoms with E-state index in [0.717, 1.165) is 5.69 Å². The van der Waals surface area contributed by atoms with E-state index in [9.17, 15) is 10.1 Å². The molecule has 0 spiro atoms. The number of hydrogen-bond donors (Lipinski definition) is 1. The Morgan fingerprint density at radius 1 is 1.23 bits per heavy atom. The molecule has 1 N–H and O–H groups in total. The molecule has 0 saturated heterocycles. The van der Waals surface area contributed by atoms with Gasteiger partial charge in [0.05, 0.1) is 21.7 Å². The van der Waals surface area contributed by atoms with Crippen LogP contribution >= 0.6 is 0 Å². The van der Waals surface area contributed by atoms with Crippen LogP contribution in [0.1, 0.15) is 17.1 Å². The van der Waals surface area contributed by atoms with E-state index in [4.69, 9.17) is 4.52 Å². The molecule has 0 aliphatic heterocycles. The summed E-state index contributed by atoms with van der Waals surface area (Å²) in [5.74, 6) is -0.0478. The van der Waals surface area contributed by atoms with E-state index in [0.29, 0.717) is 46.4 Å². The first-order valence-corrected chi connectivity index (χ1v) is 9.29. The number of benzene rings is 1. The molecule has 0 aliphatic rings. The van der Waals surface area contributed by atoms with E-state index in [1.165, 1.54) is 12.3 Å². The average molecular weight is 407 g/mol. The van der Waals surface area contributed by atoms with Crippen molar-refractivity contribution in [1.82, 2.24) is 15.1 Å². The molecule has 152 valence electrons. The lowest BCUT2D eigenvalue weighted by Gasteiger charge is -2.12. The molecule has 8 nitrogen and oxygen atoms in total. The highest BCUT2D eigenvalue weighted by Crippen LogP contribution is 2.37. The molecule has 3 aromatic heterocycles. The summed E-state index contributed by atoms with van der Waals surface area (Å²) in [6.45, 7) is 3.82. The van der Waals surface area contributed by atoms with Crippen molar-refractivity contribution in [3.8, 4) is 11.1 Å². The van der Waals surface area contributed by atoms with Crippen LogP contribution < -0.4 is 5.32 Å². The average Bonchev–Trinajstić information content (AvgIpc) is 3.06. The number of aryl methyl sites for hydroxylation is 2. The molecule has 0 atom stereocenters. The molecule has 0 saturated carbocycles. The summed E-state index contributed by atoms with van der Waals surface area (Å²) >= 11 is 0. The van der Waals surface area contributed by atoms with E-state index in [1.807, 2.05) is 18.2 Å². The standard InChI is InChI=1S/C21H18FN5O3/c1-12-20(13(2)30-26-12)15-10-18-16(9-17(15)22)21(19(11-25-18)27(28)29)24-8-6-14-5-3-4-7-23-14/h3-5,7,9-11H,6,8H2,1-2H3,(H,24,25). The third kappa shape index (κ3) is 3.57. The highest BCUT2D eigenvalue weighted by atomic mass is 19.1. The van der Waals surface area contributed by atoms with Crippen molar-refractivity contribution in [2.75, 3.05) is 11.9 Å². The van der Waals surface area contributed by atoms with E-state index in [1.54, 1.807) is 26.1 Å². The minimum Gasteiger partial charge on any atom is -0.378 e. The zero-order valence-electron chi connectivity index (χ0n) is 16.3. The smallest absolute Gasteiger partial charge is 0.311 e. The fourth-order valence-electron chi connectivity index (χ4n) is 3.45. The van der Waals surface area contributed by atoms with Crippen molar-refractivity contribution in [2.45, 2.75) is 20.3 Å². The molecular weight excluding hydrogens is 389 g/mol. The van der Waals surface area contributed by atoms with Crippen LogP contribution in [-0.4, -0.2) is 26.6 Å². The number of nitrogens with one attached hydrogen (secondary N) is 1. The summed E-state index contributed by atoms with van der Waals surface area (Å²) in [7, 11) is 0. The van der Waals surface area contributed by atoms with Gasteiger partial charge in [-0.05, 0) is 38.1 Å². The second-order valence-corrected chi connectivity index (χ2v) is 6.82. The Bertz CT molecular complexity index is 1220. The maximum atomic E-state index is 15.0. The molecule has 0 radical (unpaired) electrons. The van der Waals surface area contributed by atoms with Crippen molar-refractivity contribution in [3.05, 3.63) is 75.8 Å². The Morgan fingerprint density at radius 3 is 2.73 bits per heavy atom. The Labute approximate surface area is 170 Å². The predicted octanol–water partition coefficient (Wildman–Crippen LogP) is 4.60. The summed E-state index contributed by atoms with van der Waals surface area (Å²) < 4.78 is 20.2. The van der Waals surface area contributed by atoms with Gasteiger partial charge >= 0.3 is 5.69 Å². The second-order valence-electron chi connectivity index (χ2n) is 6.82. The summed E-state index contributed by atoms with van der Waals surface area (Å²) in [6, 6.07) is 8.39. The van der Waals surface area contributed by atoms with Gasteiger partial charge in [-0.15, -0.1) is 0 Å². The Kier molecular flexibility index (Phi) is 5.09. The number of hydrogen-bond acceptors (Lipinski definition) is 7.